The quantitative estimate of drug-likeness (QED) is 0.279. The average molecular weight is 646 g/mol. The van der Waals surface area contributed by atoms with Crippen LogP contribution in [-0.4, -0.2) is 31.6 Å². The number of aromatic nitrogens is 4. The van der Waals surface area contributed by atoms with E-state index in [1.807, 2.05) is 32.2 Å². The number of carbonyl (C=O) groups excluding carboxylic acids is 1. The summed E-state index contributed by atoms with van der Waals surface area (Å²) in [6, 6.07) is 8.58. The fraction of sp³-hybridized carbons (Fsp3) is 0.167. The number of nitrogens with zero attached hydrogens (tertiary/aromatic N) is 4. The molecular weight excluding hydrogens is 620 g/mol. The van der Waals surface area contributed by atoms with Gasteiger partial charge in [-0.1, -0.05) is 12.1 Å². The van der Waals surface area contributed by atoms with Crippen molar-refractivity contribution < 1.29 is 30.4 Å². The van der Waals surface area contributed by atoms with Crippen molar-refractivity contribution in [3.63, 3.8) is 0 Å². The maximum atomic E-state index is 14.6. The van der Waals surface area contributed by atoms with E-state index in [0.717, 1.165) is 34.5 Å². The fourth-order valence-electron chi connectivity index (χ4n) is 4.68. The van der Waals surface area contributed by atoms with Crippen LogP contribution < -0.4 is 31.9 Å². The number of halogens is 2. The number of hydrogen-bond acceptors (Lipinski definition) is 6. The van der Waals surface area contributed by atoms with Gasteiger partial charge in [-0.25, -0.2) is 4.39 Å². The maximum absolute atomic E-state index is 14.6. The number of hydrazone groups is 1. The van der Waals surface area contributed by atoms with Gasteiger partial charge in [-0.2, -0.15) is 0 Å². The number of aromatic amines is 1. The van der Waals surface area contributed by atoms with E-state index in [-0.39, 0.29) is 39.0 Å². The molecule has 5 heterocycles. The van der Waals surface area contributed by atoms with Crippen LogP contribution in [0.2, 0.25) is 0 Å². The van der Waals surface area contributed by atoms with Crippen molar-refractivity contribution in [3.05, 3.63) is 103 Å². The summed E-state index contributed by atoms with van der Waals surface area (Å²) in [5.74, 6) is 0.204. The van der Waals surface area contributed by atoms with Gasteiger partial charge in [0.15, 0.2) is 0 Å². The molecule has 4 aromatic rings. The Morgan fingerprint density at radius 3 is 2.88 bits per heavy atom. The summed E-state index contributed by atoms with van der Waals surface area (Å²) in [5, 5.41) is 7.67. The summed E-state index contributed by atoms with van der Waals surface area (Å²) in [4.78, 5) is 29.6. The average Bonchev–Trinajstić information content (AvgIpc) is 3.26. The summed E-state index contributed by atoms with van der Waals surface area (Å²) in [6.45, 7) is 3.99. The summed E-state index contributed by atoms with van der Waals surface area (Å²) in [6.07, 6.45) is 10.4. The van der Waals surface area contributed by atoms with Gasteiger partial charge >= 0.3 is 219 Å². The van der Waals surface area contributed by atoms with Gasteiger partial charge in [0.1, 0.15) is 0 Å². The SMILES string of the molecule is CCCC(=O)NC1=CC(c2cnc3c(c2)C(c2nc4c(-c5ccccc5F)cncc4[nH]2)=NN[C@@H]3C)=C[I-]C=C1. The van der Waals surface area contributed by atoms with Crippen molar-refractivity contribution >= 4 is 28.2 Å². The van der Waals surface area contributed by atoms with E-state index >= 15 is 0 Å². The van der Waals surface area contributed by atoms with E-state index in [2.05, 4.69) is 40.0 Å². The molecule has 0 saturated heterocycles. The second-order valence-corrected chi connectivity index (χ2v) is 11.6. The third kappa shape index (κ3) is 5.06. The molecule has 0 bridgehead atoms. The van der Waals surface area contributed by atoms with Crippen LogP contribution in [0.5, 0.6) is 0 Å². The van der Waals surface area contributed by atoms with Crippen LogP contribution in [0, 0.1) is 5.82 Å². The molecule has 0 spiro atoms. The van der Waals surface area contributed by atoms with Gasteiger partial charge in [-0.15, -0.1) is 0 Å². The molecule has 3 N–H and O–H groups in total. The van der Waals surface area contributed by atoms with Crippen molar-refractivity contribution in [1.29, 1.82) is 0 Å². The van der Waals surface area contributed by atoms with Crippen LogP contribution in [0.3, 0.4) is 0 Å². The van der Waals surface area contributed by atoms with Crippen LogP contribution in [-0.2, 0) is 4.79 Å². The fourth-order valence-corrected chi connectivity index (χ4v) is 6.41. The molecule has 0 radical (unpaired) electrons. The number of fused-ring (bicyclic) bond motifs is 2. The van der Waals surface area contributed by atoms with E-state index in [0.29, 0.717) is 40.1 Å². The number of amides is 1. The number of imidazole rings is 1. The zero-order valence-electron chi connectivity index (χ0n) is 21.9. The third-order valence-electron chi connectivity index (χ3n) is 6.64. The first-order valence-corrected chi connectivity index (χ1v) is 15.4. The van der Waals surface area contributed by atoms with E-state index in [1.165, 1.54) is 6.07 Å². The molecule has 3 aromatic heterocycles. The number of carbonyl (C=O) groups is 1. The summed E-state index contributed by atoms with van der Waals surface area (Å²) in [7, 11) is 0. The van der Waals surface area contributed by atoms with Crippen LogP contribution >= 0.6 is 0 Å². The molecule has 10 heteroatoms. The molecule has 0 saturated carbocycles. The van der Waals surface area contributed by atoms with Gasteiger partial charge in [0.05, 0.1) is 0 Å². The minimum atomic E-state index is -0.335. The third-order valence-corrected chi connectivity index (χ3v) is 8.44. The van der Waals surface area contributed by atoms with Crippen LogP contribution in [0.15, 0.2) is 80.0 Å². The van der Waals surface area contributed by atoms with Gasteiger partial charge in [0, 0.05) is 0 Å². The Hall–Kier alpha value is -4.19. The molecule has 0 fully saturated rings. The number of nitrogens with one attached hydrogen (secondary N) is 3. The Balaban J connectivity index is 1.40. The van der Waals surface area contributed by atoms with E-state index < -0.39 is 0 Å². The Bertz CT molecular complexity index is 1750. The predicted octanol–water partition coefficient (Wildman–Crippen LogP) is 2.33. The molecule has 2 aliphatic heterocycles. The number of hydrogen-bond donors (Lipinski definition) is 3. The Morgan fingerprint density at radius 2 is 2.02 bits per heavy atom. The Morgan fingerprint density at radius 1 is 1.15 bits per heavy atom. The van der Waals surface area contributed by atoms with Gasteiger partial charge in [-0.05, 0) is 6.07 Å². The molecular formula is C30H26FIN7O-. The molecule has 1 aromatic carbocycles. The summed E-state index contributed by atoms with van der Waals surface area (Å²) >= 11 is -0.333. The zero-order chi connectivity index (χ0) is 27.6. The standard InChI is InChI=1S/C30H26FIN7O/c1-3-6-26(40)35-20-9-10-32-13-18(11-20)19-12-22-27(34-14-19)17(2)38-39-29(22)30-36-25-16-33-15-23(28(25)37-30)21-7-4-5-8-24(21)31/h4-5,7-17,38H,3,6H2,1-2H3,(H,35,40)(H,36,37)/q-1/t17-/m1/s1. The van der Waals surface area contributed by atoms with Gasteiger partial charge in [0.2, 0.25) is 0 Å². The predicted molar refractivity (Wildman–Crippen MR) is 149 cm³/mol. The molecule has 1 amide bonds. The second-order valence-electron chi connectivity index (χ2n) is 9.50. The molecule has 8 nitrogen and oxygen atoms in total. The van der Waals surface area contributed by atoms with Gasteiger partial charge in [-0.3, -0.25) is 0 Å². The summed E-state index contributed by atoms with van der Waals surface area (Å²) < 4.78 is 19.0. The Labute approximate surface area is 240 Å². The van der Waals surface area contributed by atoms with Crippen molar-refractivity contribution in [3.8, 4) is 11.1 Å². The second kappa shape index (κ2) is 11.1. The van der Waals surface area contributed by atoms with Gasteiger partial charge < -0.3 is 0 Å². The number of benzene rings is 1. The Kier molecular flexibility index (Phi) is 7.25. The number of pyridine rings is 2. The van der Waals surface area contributed by atoms with Crippen LogP contribution in [0.25, 0.3) is 27.7 Å². The first-order chi connectivity index (χ1) is 19.5. The van der Waals surface area contributed by atoms with Crippen molar-refractivity contribution in [1.82, 2.24) is 30.7 Å². The molecule has 0 unspecified atom stereocenters. The van der Waals surface area contributed by atoms with Crippen molar-refractivity contribution in [2.24, 2.45) is 5.10 Å². The molecule has 0 aliphatic carbocycles. The number of allylic oxidation sites excluding steroid dienone is 3. The molecule has 202 valence electrons. The van der Waals surface area contributed by atoms with Crippen molar-refractivity contribution in [2.45, 2.75) is 32.7 Å². The van der Waals surface area contributed by atoms with Gasteiger partial charge in [0.25, 0.3) is 0 Å². The van der Waals surface area contributed by atoms with Crippen LogP contribution in [0.4, 0.5) is 4.39 Å². The minimum absolute atomic E-state index is 0.00450. The number of H-pyrrole nitrogens is 1. The topological polar surface area (TPSA) is 108 Å². The molecule has 40 heavy (non-hydrogen) atoms. The van der Waals surface area contributed by atoms with E-state index in [1.54, 1.807) is 30.6 Å². The first kappa shape index (κ1) is 26.1. The number of rotatable bonds is 6. The zero-order valence-corrected chi connectivity index (χ0v) is 24.0. The van der Waals surface area contributed by atoms with Crippen molar-refractivity contribution in [2.75, 3.05) is 0 Å². The van der Waals surface area contributed by atoms with Crippen LogP contribution in [0.1, 0.15) is 55.4 Å². The molecule has 2 aliphatic rings. The van der Waals surface area contributed by atoms with E-state index in [9.17, 15) is 9.18 Å². The summed E-state index contributed by atoms with van der Waals surface area (Å²) in [5.41, 5.74) is 10.5. The normalized spacial score (nSPS) is 16.6. The monoisotopic (exact) mass is 646 g/mol. The van der Waals surface area contributed by atoms with E-state index in [4.69, 9.17) is 9.97 Å². The first-order valence-electron chi connectivity index (χ1n) is 12.9. The molecule has 1 atom stereocenters. The molecule has 6 rings (SSSR count).